The molecule has 0 aliphatic carbocycles. The molecule has 0 saturated carbocycles. The van der Waals surface area contributed by atoms with Gasteiger partial charge in [0.2, 0.25) is 0 Å². The number of para-hydroxylation sites is 3. The van der Waals surface area contributed by atoms with Crippen LogP contribution < -0.4 is 14.5 Å². The summed E-state index contributed by atoms with van der Waals surface area (Å²) in [5, 5.41) is 2.30. The average Bonchev–Trinajstić information content (AvgIpc) is 3.96. The number of aryl methyl sites for hydroxylation is 1. The van der Waals surface area contributed by atoms with Gasteiger partial charge in [-0.1, -0.05) is 193 Å². The van der Waals surface area contributed by atoms with Crippen LogP contribution >= 0.6 is 0 Å². The van der Waals surface area contributed by atoms with Crippen LogP contribution in [0.5, 0.6) is 11.5 Å². The van der Waals surface area contributed by atoms with E-state index in [4.69, 9.17) is 9.72 Å². The SMILES string of the molecule is Cc1cc(-n2c3ccc(-c4ccc(C(C)(C)C)cc4)cc3c3ccc(Oc4cccc(N5CN(c6c(-c7ccccc7)cccc6-c6ccc(C(C)(C)C)cc6)c6ccccc65)c4)cc32)ncc1-c1ccccc1. The van der Waals surface area contributed by atoms with Crippen molar-refractivity contribution in [3.63, 3.8) is 0 Å². The lowest BCUT2D eigenvalue weighted by molar-refractivity contribution is 0.483. The number of rotatable bonds is 9. The lowest BCUT2D eigenvalue weighted by Crippen LogP contribution is -2.25. The lowest BCUT2D eigenvalue weighted by Gasteiger charge is -2.27. The van der Waals surface area contributed by atoms with Crippen LogP contribution in [0.1, 0.15) is 58.2 Å². The third-order valence-electron chi connectivity index (χ3n) is 14.8. The van der Waals surface area contributed by atoms with Gasteiger partial charge in [-0.05, 0) is 117 Å². The second kappa shape index (κ2) is 18.4. The zero-order valence-electron chi connectivity index (χ0n) is 43.3. The number of nitrogens with zero attached hydrogens (tertiary/aromatic N) is 4. The Hall–Kier alpha value is -8.67. The van der Waals surface area contributed by atoms with Gasteiger partial charge in [0.15, 0.2) is 0 Å². The summed E-state index contributed by atoms with van der Waals surface area (Å²) in [4.78, 5) is 10.0. The number of ether oxygens (including phenoxy) is 1. The van der Waals surface area contributed by atoms with E-state index in [1.54, 1.807) is 0 Å². The van der Waals surface area contributed by atoms with Gasteiger partial charge in [0.05, 0.1) is 28.1 Å². The van der Waals surface area contributed by atoms with Gasteiger partial charge in [0, 0.05) is 51.5 Å². The minimum atomic E-state index is 0.0594. The summed E-state index contributed by atoms with van der Waals surface area (Å²) >= 11 is 0. The molecule has 11 aromatic rings. The Kier molecular flexibility index (Phi) is 11.6. The van der Waals surface area contributed by atoms with Crippen molar-refractivity contribution in [2.75, 3.05) is 16.5 Å². The van der Waals surface area contributed by atoms with Crippen molar-refractivity contribution < 1.29 is 4.74 Å². The molecule has 0 saturated heterocycles. The average molecular weight is 961 g/mol. The zero-order valence-corrected chi connectivity index (χ0v) is 43.3. The minimum absolute atomic E-state index is 0.0594. The number of hydrogen-bond donors (Lipinski definition) is 0. The van der Waals surface area contributed by atoms with Gasteiger partial charge in [-0.2, -0.15) is 0 Å². The normalized spacial score (nSPS) is 12.7. The van der Waals surface area contributed by atoms with Crippen molar-refractivity contribution >= 4 is 44.6 Å². The van der Waals surface area contributed by atoms with Crippen LogP contribution in [0.3, 0.4) is 0 Å². The van der Waals surface area contributed by atoms with E-state index in [0.717, 1.165) is 72.9 Å². The maximum absolute atomic E-state index is 6.92. The minimum Gasteiger partial charge on any atom is -0.457 e. The van der Waals surface area contributed by atoms with Crippen LogP contribution in [0.2, 0.25) is 0 Å². The van der Waals surface area contributed by atoms with E-state index in [2.05, 4.69) is 281 Å². The molecule has 5 nitrogen and oxygen atoms in total. The van der Waals surface area contributed by atoms with Crippen molar-refractivity contribution in [2.45, 2.75) is 59.3 Å². The molecule has 1 aliphatic rings. The summed E-state index contributed by atoms with van der Waals surface area (Å²) in [6.45, 7) is 16.4. The lowest BCUT2D eigenvalue weighted by atomic mass is 9.86. The highest BCUT2D eigenvalue weighted by atomic mass is 16.5. The van der Waals surface area contributed by atoms with Crippen LogP contribution in [0.15, 0.2) is 225 Å². The summed E-state index contributed by atoms with van der Waals surface area (Å²) in [5.41, 5.74) is 20.0. The Balaban J connectivity index is 0.922. The van der Waals surface area contributed by atoms with Gasteiger partial charge in [0.1, 0.15) is 24.0 Å². The van der Waals surface area contributed by atoms with Crippen LogP contribution in [-0.2, 0) is 10.8 Å². The Bertz CT molecular complexity index is 3860. The van der Waals surface area contributed by atoms with Gasteiger partial charge in [-0.3, -0.25) is 4.57 Å². The Morgan fingerprint density at radius 1 is 0.419 bits per heavy atom. The van der Waals surface area contributed by atoms with Gasteiger partial charge >= 0.3 is 0 Å². The molecule has 0 atom stereocenters. The molecule has 5 heteroatoms. The molecule has 12 rings (SSSR count). The summed E-state index contributed by atoms with van der Waals surface area (Å²) < 4.78 is 9.21. The number of pyridine rings is 1. The van der Waals surface area contributed by atoms with Crippen molar-refractivity contribution in [1.29, 1.82) is 0 Å². The molecule has 74 heavy (non-hydrogen) atoms. The standard InChI is InChI=1S/C69H60N4O/c1-46-40-66(70-44-61(46)49-20-12-9-13-21-49)73-62-39-32-51(47-28-33-52(34-29-47)68(2,3)4)41-60(62)59-38-37-56(43-65(59)73)74-55-23-16-22-54(42-55)71-45-72(64-27-15-14-26-63(64)71)67-57(48-18-10-8-11-19-48)24-17-25-58(67)50-30-35-53(36-31-50)69(5,6)7/h8-44H,45H2,1-7H3. The predicted octanol–water partition coefficient (Wildman–Crippen LogP) is 18.8. The first kappa shape index (κ1) is 46.4. The molecule has 3 heterocycles. The van der Waals surface area contributed by atoms with E-state index in [0.29, 0.717) is 6.67 Å². The maximum Gasteiger partial charge on any atom is 0.137 e. The molecular weight excluding hydrogens is 901 g/mol. The number of anilines is 4. The van der Waals surface area contributed by atoms with Crippen molar-refractivity contribution in [3.8, 4) is 61.8 Å². The highest BCUT2D eigenvalue weighted by molar-refractivity contribution is 6.11. The van der Waals surface area contributed by atoms with E-state index >= 15 is 0 Å². The second-order valence-corrected chi connectivity index (χ2v) is 21.8. The van der Waals surface area contributed by atoms with Crippen LogP contribution in [-0.4, -0.2) is 16.2 Å². The molecular formula is C69H60N4O. The van der Waals surface area contributed by atoms with Gasteiger partial charge in [-0.15, -0.1) is 0 Å². The second-order valence-electron chi connectivity index (χ2n) is 21.8. The van der Waals surface area contributed by atoms with E-state index in [1.165, 1.54) is 50.2 Å². The van der Waals surface area contributed by atoms with Crippen LogP contribution in [0.25, 0.3) is 72.1 Å². The summed E-state index contributed by atoms with van der Waals surface area (Å²) in [6, 6.07) is 78.9. The molecule has 0 N–H and O–H groups in total. The number of aromatic nitrogens is 2. The smallest absolute Gasteiger partial charge is 0.137 e. The third kappa shape index (κ3) is 8.58. The molecule has 0 unspecified atom stereocenters. The molecule has 0 spiro atoms. The fourth-order valence-electron chi connectivity index (χ4n) is 10.8. The topological polar surface area (TPSA) is 33.5 Å². The first-order valence-corrected chi connectivity index (χ1v) is 25.8. The Labute approximate surface area is 435 Å². The molecule has 0 fully saturated rings. The molecule has 362 valence electrons. The van der Waals surface area contributed by atoms with Gasteiger partial charge in [0.25, 0.3) is 0 Å². The summed E-state index contributed by atoms with van der Waals surface area (Å²) in [5.74, 6) is 2.36. The quantitative estimate of drug-likeness (QED) is 0.144. The Morgan fingerprint density at radius 3 is 1.61 bits per heavy atom. The molecule has 1 aliphatic heterocycles. The van der Waals surface area contributed by atoms with Crippen LogP contribution in [0, 0.1) is 6.92 Å². The van der Waals surface area contributed by atoms with Gasteiger partial charge in [-0.25, -0.2) is 4.98 Å². The largest absolute Gasteiger partial charge is 0.457 e. The van der Waals surface area contributed by atoms with E-state index in [-0.39, 0.29) is 10.8 Å². The zero-order chi connectivity index (χ0) is 50.7. The fourth-order valence-corrected chi connectivity index (χ4v) is 10.8. The maximum atomic E-state index is 6.92. The summed E-state index contributed by atoms with van der Waals surface area (Å²) in [6.07, 6.45) is 2.01. The van der Waals surface area contributed by atoms with Crippen molar-refractivity contribution in [3.05, 3.63) is 241 Å². The molecule has 2 aromatic heterocycles. The predicted molar refractivity (Wildman–Crippen MR) is 311 cm³/mol. The number of benzene rings is 9. The molecule has 0 bridgehead atoms. The van der Waals surface area contributed by atoms with E-state index in [1.807, 2.05) is 6.20 Å². The van der Waals surface area contributed by atoms with Gasteiger partial charge < -0.3 is 14.5 Å². The molecule has 0 amide bonds. The molecule has 9 aromatic carbocycles. The highest BCUT2D eigenvalue weighted by Crippen LogP contribution is 2.51. The first-order chi connectivity index (χ1) is 35.9. The van der Waals surface area contributed by atoms with Crippen LogP contribution in [0.4, 0.5) is 22.7 Å². The summed E-state index contributed by atoms with van der Waals surface area (Å²) in [7, 11) is 0. The number of hydrogen-bond acceptors (Lipinski definition) is 4. The van der Waals surface area contributed by atoms with E-state index in [9.17, 15) is 0 Å². The van der Waals surface area contributed by atoms with Crippen molar-refractivity contribution in [2.24, 2.45) is 0 Å². The monoisotopic (exact) mass is 960 g/mol. The molecule has 0 radical (unpaired) electrons. The van der Waals surface area contributed by atoms with E-state index < -0.39 is 0 Å². The third-order valence-corrected chi connectivity index (χ3v) is 14.8. The first-order valence-electron chi connectivity index (χ1n) is 25.8. The highest BCUT2D eigenvalue weighted by Gasteiger charge is 2.32. The van der Waals surface area contributed by atoms with Crippen molar-refractivity contribution in [1.82, 2.24) is 9.55 Å². The number of fused-ring (bicyclic) bond motifs is 4. The fraction of sp³-hybridized carbons (Fsp3) is 0.145. The Morgan fingerprint density at radius 2 is 0.973 bits per heavy atom.